The van der Waals surface area contributed by atoms with Crippen LogP contribution in [-0.2, 0) is 4.79 Å². The average Bonchev–Trinajstić information content (AvgIpc) is 3.16. The van der Waals surface area contributed by atoms with E-state index >= 15 is 0 Å². The van der Waals surface area contributed by atoms with Crippen molar-refractivity contribution < 1.29 is 14.3 Å². The van der Waals surface area contributed by atoms with Crippen LogP contribution in [0.5, 0.6) is 5.75 Å². The standard InChI is InChI=1S/C20H21N5O3S/c1-12-9-10-18(28-4)17(11-12)25-20(22-23-24-25)29-14(3)19(27)21-16-8-6-5-7-15(16)13(2)26/h5-11,14H,1-4H3,(H,21,27)/t14-/m0/s1. The summed E-state index contributed by atoms with van der Waals surface area (Å²) in [7, 11) is 1.58. The minimum atomic E-state index is -0.504. The number of ether oxygens (including phenoxy) is 1. The van der Waals surface area contributed by atoms with Gasteiger partial charge in [-0.3, -0.25) is 9.59 Å². The summed E-state index contributed by atoms with van der Waals surface area (Å²) in [5.74, 6) is 0.253. The highest BCUT2D eigenvalue weighted by molar-refractivity contribution is 8.00. The number of hydrogen-bond acceptors (Lipinski definition) is 7. The zero-order valence-electron chi connectivity index (χ0n) is 16.5. The van der Waals surface area contributed by atoms with Gasteiger partial charge in [-0.2, -0.15) is 4.68 Å². The number of para-hydroxylation sites is 1. The summed E-state index contributed by atoms with van der Waals surface area (Å²) in [5.41, 5.74) is 2.66. The fourth-order valence-electron chi connectivity index (χ4n) is 2.71. The number of Topliss-reactive ketones (excluding diaryl/α,β-unsaturated/α-hetero) is 1. The van der Waals surface area contributed by atoms with Gasteiger partial charge in [0.2, 0.25) is 11.1 Å². The van der Waals surface area contributed by atoms with E-state index < -0.39 is 5.25 Å². The number of methoxy groups -OCH3 is 1. The summed E-state index contributed by atoms with van der Waals surface area (Å²) >= 11 is 1.21. The summed E-state index contributed by atoms with van der Waals surface area (Å²) in [6, 6.07) is 12.6. The summed E-state index contributed by atoms with van der Waals surface area (Å²) in [6.45, 7) is 5.18. The number of tetrazole rings is 1. The molecule has 150 valence electrons. The van der Waals surface area contributed by atoms with Crippen molar-refractivity contribution in [1.29, 1.82) is 0 Å². The van der Waals surface area contributed by atoms with Crippen LogP contribution in [0.2, 0.25) is 0 Å². The first-order valence-electron chi connectivity index (χ1n) is 8.91. The third-order valence-corrected chi connectivity index (χ3v) is 5.25. The van der Waals surface area contributed by atoms with Gasteiger partial charge in [0.05, 0.1) is 18.0 Å². The molecule has 0 fully saturated rings. The molecule has 0 unspecified atom stereocenters. The van der Waals surface area contributed by atoms with E-state index in [0.29, 0.717) is 27.8 Å². The van der Waals surface area contributed by atoms with E-state index in [-0.39, 0.29) is 11.7 Å². The van der Waals surface area contributed by atoms with Crippen molar-refractivity contribution in [2.75, 3.05) is 12.4 Å². The molecular weight excluding hydrogens is 390 g/mol. The molecule has 9 heteroatoms. The molecule has 3 rings (SSSR count). The van der Waals surface area contributed by atoms with Crippen LogP contribution in [-0.4, -0.2) is 44.3 Å². The van der Waals surface area contributed by atoms with Crippen LogP contribution in [0.25, 0.3) is 5.69 Å². The van der Waals surface area contributed by atoms with Crippen LogP contribution in [0, 0.1) is 6.92 Å². The molecule has 3 aromatic rings. The van der Waals surface area contributed by atoms with Crippen molar-refractivity contribution in [3.63, 3.8) is 0 Å². The Morgan fingerprint density at radius 1 is 1.21 bits per heavy atom. The number of nitrogens with zero attached hydrogens (tertiary/aromatic N) is 4. The van der Waals surface area contributed by atoms with Crippen molar-refractivity contribution in [1.82, 2.24) is 20.2 Å². The van der Waals surface area contributed by atoms with E-state index in [0.717, 1.165) is 5.56 Å². The molecule has 0 bridgehead atoms. The first-order chi connectivity index (χ1) is 13.9. The lowest BCUT2D eigenvalue weighted by Gasteiger charge is -2.14. The van der Waals surface area contributed by atoms with Crippen molar-refractivity contribution in [2.24, 2.45) is 0 Å². The molecule has 0 aliphatic rings. The van der Waals surface area contributed by atoms with Gasteiger partial charge in [0.1, 0.15) is 11.4 Å². The quantitative estimate of drug-likeness (QED) is 0.470. The van der Waals surface area contributed by atoms with Crippen LogP contribution in [0.1, 0.15) is 29.8 Å². The molecule has 0 saturated heterocycles. The van der Waals surface area contributed by atoms with Crippen LogP contribution >= 0.6 is 11.8 Å². The largest absolute Gasteiger partial charge is 0.494 e. The topological polar surface area (TPSA) is 99.0 Å². The molecule has 0 spiro atoms. The van der Waals surface area contributed by atoms with Crippen LogP contribution in [0.4, 0.5) is 5.69 Å². The van der Waals surface area contributed by atoms with Gasteiger partial charge < -0.3 is 10.1 Å². The monoisotopic (exact) mass is 411 g/mol. The number of thioether (sulfide) groups is 1. The number of rotatable bonds is 7. The van der Waals surface area contributed by atoms with Gasteiger partial charge >= 0.3 is 0 Å². The fraction of sp³-hybridized carbons (Fsp3) is 0.250. The van der Waals surface area contributed by atoms with Crippen LogP contribution in [0.3, 0.4) is 0 Å². The van der Waals surface area contributed by atoms with Gasteiger partial charge in [-0.05, 0) is 61.0 Å². The number of aromatic nitrogens is 4. The summed E-state index contributed by atoms with van der Waals surface area (Å²) < 4.78 is 6.95. The molecule has 1 aromatic heterocycles. The third kappa shape index (κ3) is 4.62. The lowest BCUT2D eigenvalue weighted by Crippen LogP contribution is -2.24. The summed E-state index contributed by atoms with van der Waals surface area (Å²) in [6.07, 6.45) is 0. The molecule has 0 aliphatic carbocycles. The highest BCUT2D eigenvalue weighted by Crippen LogP contribution is 2.29. The zero-order chi connectivity index (χ0) is 21.0. The van der Waals surface area contributed by atoms with E-state index in [1.807, 2.05) is 25.1 Å². The van der Waals surface area contributed by atoms with Gasteiger partial charge in [0.15, 0.2) is 5.78 Å². The van der Waals surface area contributed by atoms with Crippen molar-refractivity contribution in [2.45, 2.75) is 31.2 Å². The molecule has 2 aromatic carbocycles. The van der Waals surface area contributed by atoms with Gasteiger partial charge in [-0.15, -0.1) is 5.10 Å². The van der Waals surface area contributed by atoms with Gasteiger partial charge in [-0.1, -0.05) is 30.0 Å². The fourth-order valence-corrected chi connectivity index (χ4v) is 3.51. The Morgan fingerprint density at radius 3 is 2.69 bits per heavy atom. The molecule has 1 N–H and O–H groups in total. The van der Waals surface area contributed by atoms with E-state index in [1.165, 1.54) is 18.7 Å². The highest BCUT2D eigenvalue weighted by atomic mass is 32.2. The van der Waals surface area contributed by atoms with E-state index in [2.05, 4.69) is 20.8 Å². The number of nitrogens with one attached hydrogen (secondary N) is 1. The lowest BCUT2D eigenvalue weighted by molar-refractivity contribution is -0.115. The van der Waals surface area contributed by atoms with E-state index in [4.69, 9.17) is 4.74 Å². The first kappa shape index (κ1) is 20.5. The number of aryl methyl sites for hydroxylation is 1. The number of ketones is 1. The number of amides is 1. The van der Waals surface area contributed by atoms with Crippen molar-refractivity contribution in [3.05, 3.63) is 53.6 Å². The van der Waals surface area contributed by atoms with Gasteiger partial charge in [0.25, 0.3) is 0 Å². The zero-order valence-corrected chi connectivity index (χ0v) is 17.4. The Morgan fingerprint density at radius 2 is 1.97 bits per heavy atom. The number of anilines is 1. The maximum absolute atomic E-state index is 12.7. The van der Waals surface area contributed by atoms with Crippen LogP contribution < -0.4 is 10.1 Å². The molecule has 0 saturated carbocycles. The molecule has 29 heavy (non-hydrogen) atoms. The summed E-state index contributed by atoms with van der Waals surface area (Å²) in [4.78, 5) is 24.5. The normalized spacial score (nSPS) is 11.7. The molecule has 8 nitrogen and oxygen atoms in total. The second-order valence-electron chi connectivity index (χ2n) is 6.40. The number of carbonyl (C=O) groups excluding carboxylic acids is 2. The highest BCUT2D eigenvalue weighted by Gasteiger charge is 2.21. The predicted octanol–water partition coefficient (Wildman–Crippen LogP) is 3.30. The molecular formula is C20H21N5O3S. The van der Waals surface area contributed by atoms with Crippen molar-refractivity contribution >= 4 is 29.1 Å². The third-order valence-electron chi connectivity index (χ3n) is 4.22. The maximum Gasteiger partial charge on any atom is 0.237 e. The molecule has 1 atom stereocenters. The number of carbonyl (C=O) groups is 2. The Bertz CT molecular complexity index is 1050. The lowest BCUT2D eigenvalue weighted by atomic mass is 10.1. The van der Waals surface area contributed by atoms with Crippen LogP contribution in [0.15, 0.2) is 47.6 Å². The van der Waals surface area contributed by atoms with Crippen molar-refractivity contribution in [3.8, 4) is 11.4 Å². The van der Waals surface area contributed by atoms with E-state index in [1.54, 1.807) is 43.0 Å². The second-order valence-corrected chi connectivity index (χ2v) is 7.71. The minimum Gasteiger partial charge on any atom is -0.494 e. The maximum atomic E-state index is 12.7. The molecule has 0 aliphatic heterocycles. The van der Waals surface area contributed by atoms with Gasteiger partial charge in [0, 0.05) is 5.56 Å². The second kappa shape index (κ2) is 8.87. The minimum absolute atomic E-state index is 0.114. The number of benzene rings is 2. The number of hydrogen-bond donors (Lipinski definition) is 1. The first-order valence-corrected chi connectivity index (χ1v) is 9.79. The Labute approximate surface area is 172 Å². The Kier molecular flexibility index (Phi) is 6.28. The smallest absolute Gasteiger partial charge is 0.237 e. The van der Waals surface area contributed by atoms with Gasteiger partial charge in [-0.25, -0.2) is 0 Å². The Balaban J connectivity index is 1.80. The average molecular weight is 411 g/mol. The molecule has 0 radical (unpaired) electrons. The summed E-state index contributed by atoms with van der Waals surface area (Å²) in [5, 5.41) is 14.6. The molecule has 1 heterocycles. The van der Waals surface area contributed by atoms with E-state index in [9.17, 15) is 9.59 Å². The Hall–Kier alpha value is -3.20. The SMILES string of the molecule is COc1ccc(C)cc1-n1nnnc1S[C@@H](C)C(=O)Nc1ccccc1C(C)=O. The predicted molar refractivity (Wildman–Crippen MR) is 111 cm³/mol. The molecule has 1 amide bonds.